The molecule has 20 heavy (non-hydrogen) atoms. The first-order chi connectivity index (χ1) is 9.65. The molecule has 2 aromatic carbocycles. The van der Waals surface area contributed by atoms with Crippen LogP contribution in [0, 0.1) is 5.82 Å². The number of benzene rings is 2. The number of aliphatic hydroxyl groups is 1. The van der Waals surface area contributed by atoms with Gasteiger partial charge in [-0.15, -0.1) is 0 Å². The highest BCUT2D eigenvalue weighted by atomic mass is 35.5. The Balaban J connectivity index is 1.92. The lowest BCUT2D eigenvalue weighted by Crippen LogP contribution is -2.30. The predicted molar refractivity (Wildman–Crippen MR) is 78.5 cm³/mol. The number of nitrogens with zero attached hydrogens (tertiary/aromatic N) is 1. The van der Waals surface area contributed by atoms with E-state index in [0.29, 0.717) is 18.0 Å². The van der Waals surface area contributed by atoms with Crippen LogP contribution >= 0.6 is 11.6 Å². The summed E-state index contributed by atoms with van der Waals surface area (Å²) in [4.78, 5) is 2.13. The van der Waals surface area contributed by atoms with Gasteiger partial charge in [0.05, 0.1) is 6.10 Å². The van der Waals surface area contributed by atoms with Crippen molar-refractivity contribution >= 4 is 17.3 Å². The van der Waals surface area contributed by atoms with E-state index in [1.54, 1.807) is 6.07 Å². The summed E-state index contributed by atoms with van der Waals surface area (Å²) in [5.41, 5.74) is 2.68. The maximum absolute atomic E-state index is 13.3. The average Bonchev–Trinajstić information content (AvgIpc) is 2.46. The van der Waals surface area contributed by atoms with Crippen molar-refractivity contribution in [1.29, 1.82) is 0 Å². The first kappa shape index (κ1) is 13.4. The van der Waals surface area contributed by atoms with E-state index in [1.165, 1.54) is 12.1 Å². The van der Waals surface area contributed by atoms with Gasteiger partial charge in [-0.05, 0) is 36.2 Å². The number of aliphatic hydroxyl groups excluding tert-OH is 1. The molecule has 0 aliphatic carbocycles. The van der Waals surface area contributed by atoms with Crippen molar-refractivity contribution in [3.05, 3.63) is 64.4 Å². The van der Waals surface area contributed by atoms with Gasteiger partial charge in [0.2, 0.25) is 0 Å². The van der Waals surface area contributed by atoms with Crippen LogP contribution in [0.3, 0.4) is 0 Å². The zero-order valence-electron chi connectivity index (χ0n) is 10.9. The molecular weight excluding hydrogens is 277 g/mol. The van der Waals surface area contributed by atoms with E-state index < -0.39 is 6.10 Å². The molecule has 0 aromatic heterocycles. The second kappa shape index (κ2) is 5.43. The lowest BCUT2D eigenvalue weighted by Gasteiger charge is -2.34. The Kier molecular flexibility index (Phi) is 3.64. The van der Waals surface area contributed by atoms with Crippen LogP contribution in [-0.4, -0.2) is 11.7 Å². The molecule has 1 heterocycles. The van der Waals surface area contributed by atoms with Gasteiger partial charge < -0.3 is 10.0 Å². The molecule has 0 saturated heterocycles. The number of rotatable bonds is 2. The molecule has 104 valence electrons. The van der Waals surface area contributed by atoms with Gasteiger partial charge in [0.15, 0.2) is 0 Å². The van der Waals surface area contributed by atoms with Crippen LogP contribution in [0.4, 0.5) is 10.1 Å². The van der Waals surface area contributed by atoms with Gasteiger partial charge in [0.1, 0.15) is 5.82 Å². The normalized spacial score (nSPS) is 17.9. The lowest BCUT2D eigenvalue weighted by atomic mass is 9.98. The SMILES string of the molecule is OC1CCN(Cc2cc(F)ccc2Cl)c2ccccc21. The number of hydrogen-bond acceptors (Lipinski definition) is 2. The Morgan fingerprint density at radius 1 is 1.25 bits per heavy atom. The van der Waals surface area contributed by atoms with E-state index in [-0.39, 0.29) is 5.82 Å². The van der Waals surface area contributed by atoms with Crippen molar-refractivity contribution in [2.75, 3.05) is 11.4 Å². The summed E-state index contributed by atoms with van der Waals surface area (Å²) in [6, 6.07) is 12.2. The minimum atomic E-state index is -0.426. The van der Waals surface area contributed by atoms with Gasteiger partial charge in [-0.2, -0.15) is 0 Å². The van der Waals surface area contributed by atoms with Crippen molar-refractivity contribution in [1.82, 2.24) is 0 Å². The number of fused-ring (bicyclic) bond motifs is 1. The van der Waals surface area contributed by atoms with Crippen molar-refractivity contribution in [2.45, 2.75) is 19.1 Å². The van der Waals surface area contributed by atoms with E-state index in [2.05, 4.69) is 4.90 Å². The standard InChI is InChI=1S/C16H15ClFNO/c17-14-6-5-12(18)9-11(14)10-19-8-7-16(20)13-3-1-2-4-15(13)19/h1-6,9,16,20H,7-8,10H2. The summed E-state index contributed by atoms with van der Waals surface area (Å²) in [6.07, 6.45) is 0.245. The molecule has 0 radical (unpaired) electrons. The maximum atomic E-state index is 13.3. The molecule has 1 aliphatic heterocycles. The Bertz CT molecular complexity index is 632. The summed E-state index contributed by atoms with van der Waals surface area (Å²) in [5, 5.41) is 10.6. The van der Waals surface area contributed by atoms with E-state index >= 15 is 0 Å². The first-order valence-electron chi connectivity index (χ1n) is 6.61. The topological polar surface area (TPSA) is 23.5 Å². The minimum absolute atomic E-state index is 0.283. The van der Waals surface area contributed by atoms with Crippen LogP contribution < -0.4 is 4.90 Å². The van der Waals surface area contributed by atoms with Gasteiger partial charge >= 0.3 is 0 Å². The summed E-state index contributed by atoms with van der Waals surface area (Å²) < 4.78 is 13.3. The fraction of sp³-hybridized carbons (Fsp3) is 0.250. The first-order valence-corrected chi connectivity index (χ1v) is 6.99. The third kappa shape index (κ3) is 2.51. The Morgan fingerprint density at radius 3 is 2.90 bits per heavy atom. The number of anilines is 1. The van der Waals surface area contributed by atoms with Crippen molar-refractivity contribution in [2.24, 2.45) is 0 Å². The van der Waals surface area contributed by atoms with Crippen molar-refractivity contribution in [3.63, 3.8) is 0 Å². The molecule has 2 aromatic rings. The third-order valence-corrected chi connectivity index (χ3v) is 4.05. The zero-order chi connectivity index (χ0) is 14.1. The van der Waals surface area contributed by atoms with E-state index in [4.69, 9.17) is 11.6 Å². The molecule has 0 amide bonds. The molecule has 1 atom stereocenters. The third-order valence-electron chi connectivity index (χ3n) is 3.68. The molecule has 4 heteroatoms. The fourth-order valence-corrected chi connectivity index (χ4v) is 2.82. The molecule has 2 nitrogen and oxygen atoms in total. The predicted octanol–water partition coefficient (Wildman–Crippen LogP) is 3.92. The second-order valence-corrected chi connectivity index (χ2v) is 5.43. The Morgan fingerprint density at radius 2 is 2.05 bits per heavy atom. The minimum Gasteiger partial charge on any atom is -0.388 e. The average molecular weight is 292 g/mol. The van der Waals surface area contributed by atoms with Crippen LogP contribution in [0.25, 0.3) is 0 Å². The molecular formula is C16H15ClFNO. The number of para-hydroxylation sites is 1. The van der Waals surface area contributed by atoms with Crippen LogP contribution in [0.15, 0.2) is 42.5 Å². The van der Waals surface area contributed by atoms with Gasteiger partial charge in [0, 0.05) is 29.4 Å². The smallest absolute Gasteiger partial charge is 0.123 e. The van der Waals surface area contributed by atoms with Crippen molar-refractivity contribution < 1.29 is 9.50 Å². The highest BCUT2D eigenvalue weighted by Crippen LogP contribution is 2.35. The molecule has 3 rings (SSSR count). The number of halogens is 2. The second-order valence-electron chi connectivity index (χ2n) is 5.02. The molecule has 0 bridgehead atoms. The molecule has 1 aliphatic rings. The lowest BCUT2D eigenvalue weighted by molar-refractivity contribution is 0.164. The van der Waals surface area contributed by atoms with Gasteiger partial charge in [-0.1, -0.05) is 29.8 Å². The van der Waals surface area contributed by atoms with Crippen LogP contribution in [0.5, 0.6) is 0 Å². The summed E-state index contributed by atoms with van der Waals surface area (Å²) in [5.74, 6) is -0.283. The van der Waals surface area contributed by atoms with Gasteiger partial charge in [0.25, 0.3) is 0 Å². The Labute approximate surface area is 122 Å². The van der Waals surface area contributed by atoms with Crippen molar-refractivity contribution in [3.8, 4) is 0 Å². The Hall–Kier alpha value is -1.58. The molecule has 0 spiro atoms. The molecule has 0 saturated carbocycles. The highest BCUT2D eigenvalue weighted by Gasteiger charge is 2.23. The molecule has 0 fully saturated rings. The zero-order valence-corrected chi connectivity index (χ0v) is 11.6. The monoisotopic (exact) mass is 291 g/mol. The van der Waals surface area contributed by atoms with Gasteiger partial charge in [-0.3, -0.25) is 0 Å². The van der Waals surface area contributed by atoms with E-state index in [1.807, 2.05) is 24.3 Å². The number of hydrogen-bond donors (Lipinski definition) is 1. The summed E-state index contributed by atoms with van der Waals surface area (Å²) in [7, 11) is 0. The molecule has 1 N–H and O–H groups in total. The quantitative estimate of drug-likeness (QED) is 0.906. The highest BCUT2D eigenvalue weighted by molar-refractivity contribution is 6.31. The van der Waals surface area contributed by atoms with Crippen LogP contribution in [0.2, 0.25) is 5.02 Å². The summed E-state index contributed by atoms with van der Waals surface area (Å²) >= 11 is 6.13. The fourth-order valence-electron chi connectivity index (χ4n) is 2.65. The molecule has 1 unspecified atom stereocenters. The van der Waals surface area contributed by atoms with Crippen LogP contribution in [0.1, 0.15) is 23.7 Å². The van der Waals surface area contributed by atoms with Gasteiger partial charge in [-0.25, -0.2) is 4.39 Å². The van der Waals surface area contributed by atoms with E-state index in [0.717, 1.165) is 23.4 Å². The maximum Gasteiger partial charge on any atom is 0.123 e. The van der Waals surface area contributed by atoms with E-state index in [9.17, 15) is 9.50 Å². The van der Waals surface area contributed by atoms with Crippen LogP contribution in [-0.2, 0) is 6.54 Å². The largest absolute Gasteiger partial charge is 0.388 e. The summed E-state index contributed by atoms with van der Waals surface area (Å²) in [6.45, 7) is 1.27.